The summed E-state index contributed by atoms with van der Waals surface area (Å²) in [7, 11) is 0. The van der Waals surface area contributed by atoms with Crippen molar-refractivity contribution in [3.63, 3.8) is 0 Å². The molecule has 2 nitrogen and oxygen atoms in total. The lowest BCUT2D eigenvalue weighted by atomic mass is 9.94. The third-order valence-corrected chi connectivity index (χ3v) is 3.44. The maximum Gasteiger partial charge on any atom is 0.0576 e. The molecule has 0 spiro atoms. The molecule has 70 valence electrons. The minimum absolute atomic E-state index is 0.238. The van der Waals surface area contributed by atoms with E-state index in [-0.39, 0.29) is 5.54 Å². The van der Waals surface area contributed by atoms with Gasteiger partial charge in [-0.25, -0.2) is 0 Å². The van der Waals surface area contributed by atoms with Gasteiger partial charge >= 0.3 is 0 Å². The highest BCUT2D eigenvalue weighted by molar-refractivity contribution is 4.98. The molecular weight excluding hydrogens is 150 g/mol. The Bertz CT molecular complexity index is 165. The molecule has 2 rings (SSSR count). The fourth-order valence-electron chi connectivity index (χ4n) is 2.04. The maximum atomic E-state index is 6.03. The van der Waals surface area contributed by atoms with Gasteiger partial charge in [0.15, 0.2) is 0 Å². The molecule has 0 aromatic rings. The number of hydrogen-bond donors (Lipinski definition) is 1. The summed E-state index contributed by atoms with van der Waals surface area (Å²) in [4.78, 5) is 0. The molecule has 2 unspecified atom stereocenters. The molecule has 0 aromatic heterocycles. The lowest BCUT2D eigenvalue weighted by molar-refractivity contribution is 0.103. The van der Waals surface area contributed by atoms with Crippen molar-refractivity contribution in [2.75, 3.05) is 6.61 Å². The monoisotopic (exact) mass is 169 g/mol. The van der Waals surface area contributed by atoms with E-state index >= 15 is 0 Å². The Morgan fingerprint density at radius 2 is 2.25 bits per heavy atom. The van der Waals surface area contributed by atoms with Gasteiger partial charge < -0.3 is 10.5 Å². The molecule has 2 N–H and O–H groups in total. The van der Waals surface area contributed by atoms with E-state index < -0.39 is 0 Å². The Kier molecular flexibility index (Phi) is 2.13. The average Bonchev–Trinajstić information content (AvgIpc) is 2.61. The molecule has 2 aliphatic rings. The second-order valence-corrected chi connectivity index (χ2v) is 4.53. The van der Waals surface area contributed by atoms with Gasteiger partial charge in [0.1, 0.15) is 0 Å². The van der Waals surface area contributed by atoms with Crippen LogP contribution in [0.4, 0.5) is 0 Å². The summed E-state index contributed by atoms with van der Waals surface area (Å²) in [6.07, 6.45) is 6.71. The van der Waals surface area contributed by atoms with E-state index in [1.807, 2.05) is 0 Å². The first kappa shape index (κ1) is 8.52. The Hall–Kier alpha value is -0.0800. The zero-order valence-corrected chi connectivity index (χ0v) is 7.88. The topological polar surface area (TPSA) is 35.2 Å². The van der Waals surface area contributed by atoms with Gasteiger partial charge in [-0.05, 0) is 44.9 Å². The van der Waals surface area contributed by atoms with Crippen molar-refractivity contribution in [3.05, 3.63) is 0 Å². The number of hydrogen-bond acceptors (Lipinski definition) is 2. The quantitative estimate of drug-likeness (QED) is 0.697. The van der Waals surface area contributed by atoms with E-state index in [2.05, 4.69) is 6.92 Å². The van der Waals surface area contributed by atoms with Crippen LogP contribution in [0.2, 0.25) is 0 Å². The lowest BCUT2D eigenvalue weighted by Crippen LogP contribution is -2.23. The van der Waals surface area contributed by atoms with Crippen LogP contribution in [0.3, 0.4) is 0 Å². The maximum absolute atomic E-state index is 6.03. The van der Waals surface area contributed by atoms with Crippen molar-refractivity contribution >= 4 is 0 Å². The van der Waals surface area contributed by atoms with Crippen LogP contribution in [-0.2, 0) is 4.74 Å². The normalized spacial score (nSPS) is 38.5. The van der Waals surface area contributed by atoms with Gasteiger partial charge in [-0.15, -0.1) is 0 Å². The Labute approximate surface area is 74.5 Å². The highest BCUT2D eigenvalue weighted by Gasteiger charge is 2.38. The van der Waals surface area contributed by atoms with Crippen LogP contribution in [0.25, 0.3) is 0 Å². The number of nitrogens with two attached hydrogens (primary N) is 1. The second-order valence-electron chi connectivity index (χ2n) is 4.53. The predicted molar refractivity (Wildman–Crippen MR) is 48.9 cm³/mol. The van der Waals surface area contributed by atoms with Crippen molar-refractivity contribution in [2.24, 2.45) is 11.7 Å². The predicted octanol–water partition coefficient (Wildman–Crippen LogP) is 1.68. The van der Waals surface area contributed by atoms with Crippen LogP contribution in [-0.4, -0.2) is 18.2 Å². The first-order valence-corrected chi connectivity index (χ1v) is 5.10. The number of ether oxygens (including phenoxy) is 1. The minimum Gasteiger partial charge on any atom is -0.378 e. The molecule has 0 aromatic carbocycles. The van der Waals surface area contributed by atoms with E-state index in [9.17, 15) is 0 Å². The van der Waals surface area contributed by atoms with E-state index in [1.165, 1.54) is 32.1 Å². The fourth-order valence-corrected chi connectivity index (χ4v) is 2.04. The van der Waals surface area contributed by atoms with E-state index in [0.29, 0.717) is 6.10 Å². The molecule has 0 bridgehead atoms. The molecule has 1 saturated carbocycles. The van der Waals surface area contributed by atoms with Gasteiger partial charge in [-0.1, -0.05) is 0 Å². The van der Waals surface area contributed by atoms with Gasteiger partial charge in [-0.3, -0.25) is 0 Å². The second kappa shape index (κ2) is 3.00. The molecular formula is C10H19NO. The SMILES string of the molecule is CC1OCCC1CCC1(N)CC1. The molecule has 1 aliphatic heterocycles. The van der Waals surface area contributed by atoms with Crippen LogP contribution in [0.1, 0.15) is 39.0 Å². The number of rotatable bonds is 3. The fraction of sp³-hybridized carbons (Fsp3) is 1.00. The smallest absolute Gasteiger partial charge is 0.0576 e. The third kappa shape index (κ3) is 1.80. The standard InChI is InChI=1S/C10H19NO/c1-8-9(3-7-12-8)2-4-10(11)5-6-10/h8-9H,2-7,11H2,1H3. The highest BCUT2D eigenvalue weighted by atomic mass is 16.5. The van der Waals surface area contributed by atoms with Crippen molar-refractivity contribution < 1.29 is 4.74 Å². The van der Waals surface area contributed by atoms with Gasteiger partial charge in [0.05, 0.1) is 6.10 Å². The lowest BCUT2D eigenvalue weighted by Gasteiger charge is -2.16. The Morgan fingerprint density at radius 1 is 1.50 bits per heavy atom. The van der Waals surface area contributed by atoms with Gasteiger partial charge in [-0.2, -0.15) is 0 Å². The highest BCUT2D eigenvalue weighted by Crippen LogP contribution is 2.39. The molecule has 12 heavy (non-hydrogen) atoms. The van der Waals surface area contributed by atoms with Gasteiger partial charge in [0, 0.05) is 12.1 Å². The zero-order valence-electron chi connectivity index (χ0n) is 7.88. The first-order chi connectivity index (χ1) is 5.70. The Morgan fingerprint density at radius 3 is 2.75 bits per heavy atom. The molecule has 2 atom stereocenters. The van der Waals surface area contributed by atoms with Crippen molar-refractivity contribution in [1.82, 2.24) is 0 Å². The molecule has 2 heteroatoms. The molecule has 1 aliphatic carbocycles. The van der Waals surface area contributed by atoms with Crippen LogP contribution < -0.4 is 5.73 Å². The van der Waals surface area contributed by atoms with Crippen LogP contribution >= 0.6 is 0 Å². The van der Waals surface area contributed by atoms with Crippen molar-refractivity contribution in [2.45, 2.75) is 50.7 Å². The third-order valence-electron chi connectivity index (χ3n) is 3.44. The van der Waals surface area contributed by atoms with Crippen LogP contribution in [0.15, 0.2) is 0 Å². The van der Waals surface area contributed by atoms with Crippen LogP contribution in [0.5, 0.6) is 0 Å². The Balaban J connectivity index is 1.72. The van der Waals surface area contributed by atoms with Crippen molar-refractivity contribution in [3.8, 4) is 0 Å². The first-order valence-electron chi connectivity index (χ1n) is 5.10. The minimum atomic E-state index is 0.238. The molecule has 0 radical (unpaired) electrons. The molecule has 2 fully saturated rings. The molecule has 0 amide bonds. The summed E-state index contributed by atoms with van der Waals surface area (Å²) in [6, 6.07) is 0. The molecule has 1 saturated heterocycles. The van der Waals surface area contributed by atoms with E-state index in [4.69, 9.17) is 10.5 Å². The summed E-state index contributed by atoms with van der Waals surface area (Å²) in [6.45, 7) is 3.15. The summed E-state index contributed by atoms with van der Waals surface area (Å²) in [5.41, 5.74) is 6.27. The van der Waals surface area contributed by atoms with E-state index in [1.54, 1.807) is 0 Å². The summed E-state index contributed by atoms with van der Waals surface area (Å²) in [5.74, 6) is 0.783. The molecule has 1 heterocycles. The van der Waals surface area contributed by atoms with E-state index in [0.717, 1.165) is 12.5 Å². The van der Waals surface area contributed by atoms with Gasteiger partial charge in [0.2, 0.25) is 0 Å². The summed E-state index contributed by atoms with van der Waals surface area (Å²) >= 11 is 0. The largest absolute Gasteiger partial charge is 0.378 e. The van der Waals surface area contributed by atoms with Crippen molar-refractivity contribution in [1.29, 1.82) is 0 Å². The van der Waals surface area contributed by atoms with Crippen LogP contribution in [0, 0.1) is 5.92 Å². The summed E-state index contributed by atoms with van der Waals surface area (Å²) in [5, 5.41) is 0. The summed E-state index contributed by atoms with van der Waals surface area (Å²) < 4.78 is 5.51. The zero-order chi connectivity index (χ0) is 8.60. The average molecular weight is 169 g/mol. The van der Waals surface area contributed by atoms with Gasteiger partial charge in [0.25, 0.3) is 0 Å².